The van der Waals surface area contributed by atoms with Gasteiger partial charge in [-0.2, -0.15) is 0 Å². The van der Waals surface area contributed by atoms with Gasteiger partial charge < -0.3 is 20.6 Å². The first-order valence-corrected chi connectivity index (χ1v) is 8.15. The molecular formula is C18H17N5O3. The SMILES string of the molecule is Cc1nc(C(=O)N[C@@H]2c3ccccc3C[C@H]2O)c(N)nc1-c1ncco1. The number of rotatable bonds is 3. The minimum atomic E-state index is -0.696. The average Bonchev–Trinajstić information content (AvgIpc) is 3.25. The molecule has 0 bridgehead atoms. The second-order valence-corrected chi connectivity index (χ2v) is 6.15. The molecule has 4 N–H and O–H groups in total. The number of aromatic nitrogens is 3. The molecule has 0 radical (unpaired) electrons. The maximum atomic E-state index is 12.7. The number of aliphatic hydroxyl groups excluding tert-OH is 1. The fourth-order valence-corrected chi connectivity index (χ4v) is 3.20. The lowest BCUT2D eigenvalue weighted by Crippen LogP contribution is -2.35. The van der Waals surface area contributed by atoms with Crippen LogP contribution in [-0.4, -0.2) is 32.1 Å². The zero-order valence-corrected chi connectivity index (χ0v) is 14.0. The molecule has 8 nitrogen and oxygen atoms in total. The summed E-state index contributed by atoms with van der Waals surface area (Å²) >= 11 is 0. The Bertz CT molecular complexity index is 971. The lowest BCUT2D eigenvalue weighted by Gasteiger charge is -2.18. The third-order valence-electron chi connectivity index (χ3n) is 4.44. The van der Waals surface area contributed by atoms with Gasteiger partial charge in [-0.1, -0.05) is 24.3 Å². The number of nitrogen functional groups attached to an aromatic ring is 1. The zero-order valence-electron chi connectivity index (χ0n) is 14.0. The molecule has 4 rings (SSSR count). The second kappa shape index (κ2) is 6.23. The van der Waals surface area contributed by atoms with Crippen LogP contribution in [0.4, 0.5) is 5.82 Å². The molecule has 0 unspecified atom stereocenters. The van der Waals surface area contributed by atoms with Crippen LogP contribution in [0.3, 0.4) is 0 Å². The van der Waals surface area contributed by atoms with Crippen LogP contribution in [0.5, 0.6) is 0 Å². The number of hydrogen-bond acceptors (Lipinski definition) is 7. The van der Waals surface area contributed by atoms with Crippen LogP contribution in [0.15, 0.2) is 41.1 Å². The van der Waals surface area contributed by atoms with E-state index in [0.717, 1.165) is 11.1 Å². The van der Waals surface area contributed by atoms with Crippen molar-refractivity contribution in [3.8, 4) is 11.6 Å². The lowest BCUT2D eigenvalue weighted by molar-refractivity contribution is 0.0854. The van der Waals surface area contributed by atoms with Crippen LogP contribution in [0.2, 0.25) is 0 Å². The molecule has 1 amide bonds. The summed E-state index contributed by atoms with van der Waals surface area (Å²) < 4.78 is 5.21. The minimum Gasteiger partial charge on any atom is -0.443 e. The number of nitrogens with one attached hydrogen (secondary N) is 1. The van der Waals surface area contributed by atoms with E-state index in [0.29, 0.717) is 17.8 Å². The first kappa shape index (κ1) is 16.2. The van der Waals surface area contributed by atoms with Crippen LogP contribution in [0.25, 0.3) is 11.6 Å². The van der Waals surface area contributed by atoms with E-state index in [1.165, 1.54) is 12.5 Å². The van der Waals surface area contributed by atoms with E-state index in [1.807, 2.05) is 24.3 Å². The molecule has 26 heavy (non-hydrogen) atoms. The van der Waals surface area contributed by atoms with Crippen molar-refractivity contribution in [1.29, 1.82) is 0 Å². The number of aryl methyl sites for hydroxylation is 1. The number of aliphatic hydroxyl groups is 1. The molecule has 2 atom stereocenters. The Labute approximate surface area is 149 Å². The Morgan fingerprint density at radius 1 is 1.35 bits per heavy atom. The number of benzene rings is 1. The molecule has 0 saturated heterocycles. The van der Waals surface area contributed by atoms with Gasteiger partial charge >= 0.3 is 0 Å². The van der Waals surface area contributed by atoms with E-state index in [4.69, 9.17) is 10.2 Å². The molecule has 1 aromatic carbocycles. The number of carbonyl (C=O) groups excluding carboxylic acids is 1. The molecule has 0 saturated carbocycles. The van der Waals surface area contributed by atoms with Crippen molar-refractivity contribution in [2.24, 2.45) is 0 Å². The Hall–Kier alpha value is -3.26. The van der Waals surface area contributed by atoms with Gasteiger partial charge in [-0.3, -0.25) is 4.79 Å². The molecule has 3 aromatic rings. The molecule has 132 valence electrons. The summed E-state index contributed by atoms with van der Waals surface area (Å²) in [5.74, 6) is -0.228. The Morgan fingerprint density at radius 3 is 2.92 bits per heavy atom. The molecule has 0 fully saturated rings. The standard InChI is InChI=1S/C18H17N5O3/c1-9-13(18-20-6-7-26-18)22-16(19)15(21-9)17(25)23-14-11-5-3-2-4-10(11)8-12(14)24/h2-7,12,14,24H,8H2,1H3,(H2,19,22)(H,23,25)/t12-,14-/m1/s1. The summed E-state index contributed by atoms with van der Waals surface area (Å²) in [6.07, 6.45) is 2.71. The molecule has 1 aliphatic carbocycles. The smallest absolute Gasteiger partial charge is 0.274 e. The predicted octanol–water partition coefficient (Wildman–Crippen LogP) is 1.41. The lowest BCUT2D eigenvalue weighted by atomic mass is 10.1. The first-order valence-electron chi connectivity index (χ1n) is 8.15. The zero-order chi connectivity index (χ0) is 18.3. The van der Waals surface area contributed by atoms with E-state index in [-0.39, 0.29) is 17.4 Å². The number of fused-ring (bicyclic) bond motifs is 1. The van der Waals surface area contributed by atoms with Gasteiger partial charge in [-0.05, 0) is 18.1 Å². The number of carbonyl (C=O) groups is 1. The van der Waals surface area contributed by atoms with E-state index in [2.05, 4.69) is 20.3 Å². The van der Waals surface area contributed by atoms with Crippen LogP contribution < -0.4 is 11.1 Å². The van der Waals surface area contributed by atoms with Crippen molar-refractivity contribution >= 4 is 11.7 Å². The van der Waals surface area contributed by atoms with E-state index >= 15 is 0 Å². The fourth-order valence-electron chi connectivity index (χ4n) is 3.20. The monoisotopic (exact) mass is 351 g/mol. The number of hydrogen-bond donors (Lipinski definition) is 3. The second-order valence-electron chi connectivity index (χ2n) is 6.15. The topological polar surface area (TPSA) is 127 Å². The van der Waals surface area contributed by atoms with Gasteiger partial charge in [0.15, 0.2) is 11.5 Å². The number of nitrogens with two attached hydrogens (primary N) is 1. The number of oxazole rings is 1. The summed E-state index contributed by atoms with van der Waals surface area (Å²) in [7, 11) is 0. The Kier molecular flexibility index (Phi) is 3.89. The van der Waals surface area contributed by atoms with Gasteiger partial charge in [0.1, 0.15) is 12.0 Å². The van der Waals surface area contributed by atoms with Gasteiger partial charge in [0.05, 0.1) is 24.0 Å². The van der Waals surface area contributed by atoms with Gasteiger partial charge in [-0.25, -0.2) is 15.0 Å². The predicted molar refractivity (Wildman–Crippen MR) is 93.0 cm³/mol. The van der Waals surface area contributed by atoms with E-state index in [1.54, 1.807) is 6.92 Å². The molecule has 1 aliphatic rings. The van der Waals surface area contributed by atoms with Crippen LogP contribution in [-0.2, 0) is 6.42 Å². The average molecular weight is 351 g/mol. The summed E-state index contributed by atoms with van der Waals surface area (Å²) in [6, 6.07) is 7.10. The van der Waals surface area contributed by atoms with Crippen molar-refractivity contribution in [2.75, 3.05) is 5.73 Å². The van der Waals surface area contributed by atoms with Crippen molar-refractivity contribution in [3.05, 3.63) is 59.2 Å². The molecular weight excluding hydrogens is 334 g/mol. The van der Waals surface area contributed by atoms with Gasteiger partial charge in [0, 0.05) is 6.42 Å². The van der Waals surface area contributed by atoms with Crippen molar-refractivity contribution < 1.29 is 14.3 Å². The quantitative estimate of drug-likeness (QED) is 0.651. The highest BCUT2D eigenvalue weighted by molar-refractivity contribution is 5.97. The van der Waals surface area contributed by atoms with Crippen molar-refractivity contribution in [3.63, 3.8) is 0 Å². The molecule has 8 heteroatoms. The number of nitrogens with zero attached hydrogens (tertiary/aromatic N) is 3. The largest absolute Gasteiger partial charge is 0.443 e. The number of anilines is 1. The Morgan fingerprint density at radius 2 is 2.15 bits per heavy atom. The van der Waals surface area contributed by atoms with Gasteiger partial charge in [0.2, 0.25) is 5.89 Å². The van der Waals surface area contributed by atoms with E-state index < -0.39 is 18.1 Å². The van der Waals surface area contributed by atoms with Crippen molar-refractivity contribution in [2.45, 2.75) is 25.5 Å². The normalized spacial score (nSPS) is 18.5. The highest BCUT2D eigenvalue weighted by Crippen LogP contribution is 2.31. The van der Waals surface area contributed by atoms with Crippen molar-refractivity contribution in [1.82, 2.24) is 20.3 Å². The molecule has 0 aliphatic heterocycles. The maximum absolute atomic E-state index is 12.7. The van der Waals surface area contributed by atoms with E-state index in [9.17, 15) is 9.90 Å². The Balaban J connectivity index is 1.62. The molecule has 2 heterocycles. The highest BCUT2D eigenvalue weighted by Gasteiger charge is 2.33. The fraction of sp³-hybridized carbons (Fsp3) is 0.222. The van der Waals surface area contributed by atoms with Gasteiger partial charge in [0.25, 0.3) is 5.91 Å². The third-order valence-corrected chi connectivity index (χ3v) is 4.44. The third kappa shape index (κ3) is 2.70. The van der Waals surface area contributed by atoms with Crippen LogP contribution in [0.1, 0.15) is 33.4 Å². The highest BCUT2D eigenvalue weighted by atomic mass is 16.3. The maximum Gasteiger partial charge on any atom is 0.274 e. The molecule has 2 aromatic heterocycles. The summed E-state index contributed by atoms with van der Waals surface area (Å²) in [5, 5.41) is 13.1. The van der Waals surface area contributed by atoms with Crippen LogP contribution in [0, 0.1) is 6.92 Å². The summed E-state index contributed by atoms with van der Waals surface area (Å²) in [5.41, 5.74) is 8.71. The first-order chi connectivity index (χ1) is 12.5. The summed E-state index contributed by atoms with van der Waals surface area (Å²) in [4.78, 5) is 25.2. The van der Waals surface area contributed by atoms with Gasteiger partial charge in [-0.15, -0.1) is 0 Å². The molecule has 0 spiro atoms. The summed E-state index contributed by atoms with van der Waals surface area (Å²) in [6.45, 7) is 1.70. The number of amides is 1. The van der Waals surface area contributed by atoms with Crippen LogP contribution >= 0.6 is 0 Å². The minimum absolute atomic E-state index is 0.00869.